The number of hydrogen-bond acceptors (Lipinski definition) is 7. The van der Waals surface area contributed by atoms with E-state index in [9.17, 15) is 10.2 Å². The molecular formula is C19H28N6O2. The second-order valence-corrected chi connectivity index (χ2v) is 7.86. The number of aliphatic hydroxyl groups is 2. The zero-order valence-electron chi connectivity index (χ0n) is 15.5. The maximum atomic E-state index is 9.83. The topological polar surface area (TPSA) is 101 Å². The Labute approximate surface area is 159 Å². The third-order valence-electron chi connectivity index (χ3n) is 5.90. The molecule has 0 aliphatic carbocycles. The van der Waals surface area contributed by atoms with Crippen molar-refractivity contribution in [1.29, 1.82) is 0 Å². The predicted molar refractivity (Wildman–Crippen MR) is 101 cm³/mol. The summed E-state index contributed by atoms with van der Waals surface area (Å²) in [5.41, 5.74) is 2.20. The Morgan fingerprint density at radius 1 is 1.04 bits per heavy atom. The van der Waals surface area contributed by atoms with E-state index in [-0.39, 0.29) is 12.7 Å². The lowest BCUT2D eigenvalue weighted by molar-refractivity contribution is 0.0684. The van der Waals surface area contributed by atoms with Crippen LogP contribution in [0, 0.1) is 11.8 Å². The molecule has 2 aliphatic heterocycles. The Balaban J connectivity index is 1.33. The number of benzene rings is 1. The monoisotopic (exact) mass is 372 g/mol. The number of tetrazole rings is 1. The van der Waals surface area contributed by atoms with Gasteiger partial charge >= 0.3 is 0 Å². The van der Waals surface area contributed by atoms with E-state index < -0.39 is 0 Å². The zero-order chi connectivity index (χ0) is 18.6. The Morgan fingerprint density at radius 2 is 1.78 bits per heavy atom. The van der Waals surface area contributed by atoms with E-state index in [4.69, 9.17) is 0 Å². The number of aliphatic hydroxyl groups excluding tert-OH is 2. The Kier molecular flexibility index (Phi) is 5.77. The van der Waals surface area contributed by atoms with Crippen molar-refractivity contribution in [3.63, 3.8) is 0 Å². The first kappa shape index (κ1) is 18.5. The molecule has 0 spiro atoms. The first-order valence-corrected chi connectivity index (χ1v) is 9.77. The summed E-state index contributed by atoms with van der Waals surface area (Å²) in [5.74, 6) is 1.43. The van der Waals surface area contributed by atoms with Crippen molar-refractivity contribution >= 4 is 0 Å². The van der Waals surface area contributed by atoms with E-state index in [2.05, 4.69) is 42.6 Å². The van der Waals surface area contributed by atoms with Crippen LogP contribution in [0.5, 0.6) is 0 Å². The number of aromatic nitrogens is 4. The highest BCUT2D eigenvalue weighted by Crippen LogP contribution is 2.27. The van der Waals surface area contributed by atoms with Crippen molar-refractivity contribution in [2.75, 3.05) is 39.3 Å². The van der Waals surface area contributed by atoms with Gasteiger partial charge < -0.3 is 15.1 Å². The van der Waals surface area contributed by atoms with Crippen LogP contribution >= 0.6 is 0 Å². The summed E-state index contributed by atoms with van der Waals surface area (Å²) in [4.78, 5) is 4.89. The molecule has 146 valence electrons. The molecule has 2 fully saturated rings. The molecule has 3 heterocycles. The molecule has 4 rings (SSSR count). The van der Waals surface area contributed by atoms with Crippen molar-refractivity contribution in [3.8, 4) is 11.4 Å². The van der Waals surface area contributed by atoms with Crippen LogP contribution in [-0.4, -0.2) is 86.1 Å². The third kappa shape index (κ3) is 4.52. The Hall–Kier alpha value is -1.87. The predicted octanol–water partition coefficient (Wildman–Crippen LogP) is 0.364. The standard InChI is InChI=1S/C19H28N6O2/c26-13-17-12-25(11-16(17)10-24-7-5-18(27)6-8-24)9-14-1-3-15(4-2-14)19-20-22-23-21-19/h1-4,16-18,26-27H,5-13H2,(H,20,21,22,23)/t16-,17-/m1/s1. The van der Waals surface area contributed by atoms with E-state index in [1.165, 1.54) is 5.56 Å². The molecule has 0 bridgehead atoms. The third-order valence-corrected chi connectivity index (χ3v) is 5.90. The molecule has 1 aromatic carbocycles. The lowest BCUT2D eigenvalue weighted by atomic mass is 9.95. The summed E-state index contributed by atoms with van der Waals surface area (Å²) in [5, 5.41) is 33.6. The first-order valence-electron chi connectivity index (χ1n) is 9.77. The number of aromatic amines is 1. The number of rotatable bonds is 6. The lowest BCUT2D eigenvalue weighted by Gasteiger charge is -2.32. The quantitative estimate of drug-likeness (QED) is 0.673. The van der Waals surface area contributed by atoms with Gasteiger partial charge in [0.25, 0.3) is 0 Å². The second kappa shape index (κ2) is 8.43. The van der Waals surface area contributed by atoms with E-state index in [0.29, 0.717) is 17.7 Å². The van der Waals surface area contributed by atoms with E-state index in [1.54, 1.807) is 0 Å². The van der Waals surface area contributed by atoms with Gasteiger partial charge in [0.1, 0.15) is 0 Å². The smallest absolute Gasteiger partial charge is 0.204 e. The molecule has 3 N–H and O–H groups in total. The van der Waals surface area contributed by atoms with Crippen molar-refractivity contribution in [1.82, 2.24) is 30.4 Å². The van der Waals surface area contributed by atoms with Crippen LogP contribution in [0.1, 0.15) is 18.4 Å². The zero-order valence-corrected chi connectivity index (χ0v) is 15.5. The number of nitrogens with one attached hydrogen (secondary N) is 1. The van der Waals surface area contributed by atoms with Crippen LogP contribution in [0.4, 0.5) is 0 Å². The molecule has 0 amide bonds. The second-order valence-electron chi connectivity index (χ2n) is 7.86. The summed E-state index contributed by atoms with van der Waals surface area (Å²) in [6.07, 6.45) is 1.60. The molecular weight excluding hydrogens is 344 g/mol. The van der Waals surface area contributed by atoms with Crippen molar-refractivity contribution < 1.29 is 10.2 Å². The van der Waals surface area contributed by atoms with Gasteiger partial charge in [-0.15, -0.1) is 10.2 Å². The molecule has 8 nitrogen and oxygen atoms in total. The highest BCUT2D eigenvalue weighted by molar-refractivity contribution is 5.54. The molecule has 2 aromatic rings. The molecule has 0 unspecified atom stereocenters. The molecule has 1 aromatic heterocycles. The van der Waals surface area contributed by atoms with Gasteiger partial charge in [0.2, 0.25) is 5.82 Å². The summed E-state index contributed by atoms with van der Waals surface area (Å²) in [6, 6.07) is 8.27. The van der Waals surface area contributed by atoms with Gasteiger partial charge in [-0.3, -0.25) is 4.90 Å². The van der Waals surface area contributed by atoms with Crippen molar-refractivity contribution in [2.24, 2.45) is 11.8 Å². The van der Waals surface area contributed by atoms with E-state index in [1.807, 2.05) is 12.1 Å². The van der Waals surface area contributed by atoms with Crippen molar-refractivity contribution in [2.45, 2.75) is 25.5 Å². The SMILES string of the molecule is OC[C@H]1CN(Cc2ccc(-c3nn[nH]n3)cc2)C[C@H]1CN1CCC(O)CC1. The van der Waals surface area contributed by atoms with Crippen LogP contribution in [0.25, 0.3) is 11.4 Å². The number of hydrogen-bond donors (Lipinski definition) is 3. The van der Waals surface area contributed by atoms with Gasteiger partial charge in [-0.1, -0.05) is 24.3 Å². The summed E-state index contributed by atoms with van der Waals surface area (Å²) >= 11 is 0. The first-order chi connectivity index (χ1) is 13.2. The molecule has 2 aliphatic rings. The van der Waals surface area contributed by atoms with Gasteiger partial charge in [0.05, 0.1) is 6.10 Å². The van der Waals surface area contributed by atoms with E-state index >= 15 is 0 Å². The Bertz CT molecular complexity index is 699. The summed E-state index contributed by atoms with van der Waals surface area (Å²) in [6.45, 7) is 6.03. The molecule has 0 radical (unpaired) electrons. The molecule has 2 saturated heterocycles. The van der Waals surface area contributed by atoms with Crippen LogP contribution < -0.4 is 0 Å². The summed E-state index contributed by atoms with van der Waals surface area (Å²) < 4.78 is 0. The van der Waals surface area contributed by atoms with Crippen LogP contribution in [0.2, 0.25) is 0 Å². The number of likely N-dealkylation sites (tertiary alicyclic amines) is 2. The van der Waals surface area contributed by atoms with Gasteiger partial charge in [-0.25, -0.2) is 0 Å². The minimum atomic E-state index is -0.134. The molecule has 2 atom stereocenters. The fourth-order valence-electron chi connectivity index (χ4n) is 4.31. The minimum Gasteiger partial charge on any atom is -0.396 e. The average molecular weight is 372 g/mol. The van der Waals surface area contributed by atoms with Crippen LogP contribution in [0.3, 0.4) is 0 Å². The van der Waals surface area contributed by atoms with Gasteiger partial charge in [-0.2, -0.15) is 5.21 Å². The highest BCUT2D eigenvalue weighted by Gasteiger charge is 2.34. The fourth-order valence-corrected chi connectivity index (χ4v) is 4.31. The van der Waals surface area contributed by atoms with Gasteiger partial charge in [0.15, 0.2) is 0 Å². The largest absolute Gasteiger partial charge is 0.396 e. The summed E-state index contributed by atoms with van der Waals surface area (Å²) in [7, 11) is 0. The van der Waals surface area contributed by atoms with Gasteiger partial charge in [0, 0.05) is 51.4 Å². The molecule has 8 heteroatoms. The number of nitrogens with zero attached hydrogens (tertiary/aromatic N) is 5. The average Bonchev–Trinajstić information content (AvgIpc) is 3.34. The molecule has 0 saturated carbocycles. The fraction of sp³-hybridized carbons (Fsp3) is 0.632. The van der Waals surface area contributed by atoms with Crippen molar-refractivity contribution in [3.05, 3.63) is 29.8 Å². The lowest BCUT2D eigenvalue weighted by Crippen LogP contribution is -2.40. The Morgan fingerprint density at radius 3 is 2.44 bits per heavy atom. The highest BCUT2D eigenvalue weighted by atomic mass is 16.3. The maximum Gasteiger partial charge on any atom is 0.204 e. The normalized spacial score (nSPS) is 25.3. The van der Waals surface area contributed by atoms with Crippen LogP contribution in [-0.2, 0) is 6.54 Å². The van der Waals surface area contributed by atoms with Crippen LogP contribution in [0.15, 0.2) is 24.3 Å². The number of piperidine rings is 1. The maximum absolute atomic E-state index is 9.83. The van der Waals surface area contributed by atoms with Gasteiger partial charge in [-0.05, 0) is 35.5 Å². The number of H-pyrrole nitrogens is 1. The van der Waals surface area contributed by atoms with E-state index in [0.717, 1.165) is 57.7 Å². The molecule has 27 heavy (non-hydrogen) atoms. The minimum absolute atomic E-state index is 0.134.